The van der Waals surface area contributed by atoms with E-state index in [1.165, 1.54) is 6.07 Å². The van der Waals surface area contributed by atoms with Gasteiger partial charge in [0.25, 0.3) is 0 Å². The Balaban J connectivity index is 2.30. The maximum atomic E-state index is 12.3. The molecule has 0 spiro atoms. The van der Waals surface area contributed by atoms with Crippen molar-refractivity contribution in [1.82, 2.24) is 0 Å². The zero-order valence-electron chi connectivity index (χ0n) is 15.7. The van der Waals surface area contributed by atoms with Crippen molar-refractivity contribution in [3.05, 3.63) is 59.2 Å². The minimum absolute atomic E-state index is 0.234. The van der Waals surface area contributed by atoms with E-state index >= 15 is 0 Å². The molecule has 0 unspecified atom stereocenters. The second-order valence-corrected chi connectivity index (χ2v) is 5.43. The highest BCUT2D eigenvalue weighted by Gasteiger charge is 2.16. The van der Waals surface area contributed by atoms with Crippen molar-refractivity contribution in [3.63, 3.8) is 0 Å². The molecular weight excluding hydrogens is 346 g/mol. The highest BCUT2D eigenvalue weighted by Crippen LogP contribution is 2.19. The second-order valence-electron chi connectivity index (χ2n) is 5.43. The third-order valence-electron chi connectivity index (χ3n) is 3.56. The number of aliphatic imine (C=N–C) groups is 1. The van der Waals surface area contributed by atoms with Gasteiger partial charge in [-0.15, -0.1) is 0 Å². The van der Waals surface area contributed by atoms with Crippen molar-refractivity contribution < 1.29 is 23.8 Å². The Bertz CT molecular complexity index is 812. The molecule has 0 saturated carbocycles. The lowest BCUT2D eigenvalue weighted by molar-refractivity contribution is 0.0525. The van der Waals surface area contributed by atoms with E-state index in [4.69, 9.17) is 14.2 Å². The summed E-state index contributed by atoms with van der Waals surface area (Å²) in [6.45, 7) is 6.45. The van der Waals surface area contributed by atoms with Crippen LogP contribution in [0.3, 0.4) is 0 Å². The van der Waals surface area contributed by atoms with Crippen LogP contribution in [0.4, 0.5) is 5.69 Å². The quantitative estimate of drug-likeness (QED) is 0.515. The fourth-order valence-corrected chi connectivity index (χ4v) is 2.34. The Morgan fingerprint density at radius 2 is 1.56 bits per heavy atom. The standard InChI is InChI=1S/C21H23NO5/c1-4-25-18-11-9-17(10-12-18)22-14-16-8-7-15(20(23)26-5-2)13-19(16)21(24)27-6-3/h7-14H,4-6H2,1-3H3/b22-14+. The summed E-state index contributed by atoms with van der Waals surface area (Å²) >= 11 is 0. The molecule has 0 amide bonds. The highest BCUT2D eigenvalue weighted by atomic mass is 16.5. The number of benzene rings is 2. The number of esters is 2. The van der Waals surface area contributed by atoms with Crippen LogP contribution in [0.25, 0.3) is 0 Å². The molecule has 6 nitrogen and oxygen atoms in total. The fourth-order valence-electron chi connectivity index (χ4n) is 2.34. The third-order valence-corrected chi connectivity index (χ3v) is 3.56. The highest BCUT2D eigenvalue weighted by molar-refractivity contribution is 6.02. The maximum absolute atomic E-state index is 12.3. The lowest BCUT2D eigenvalue weighted by atomic mass is 10.0. The molecule has 6 heteroatoms. The molecule has 0 aliphatic carbocycles. The Morgan fingerprint density at radius 3 is 2.19 bits per heavy atom. The van der Waals surface area contributed by atoms with Crippen molar-refractivity contribution >= 4 is 23.8 Å². The molecule has 0 fully saturated rings. The summed E-state index contributed by atoms with van der Waals surface area (Å²) in [6.07, 6.45) is 1.57. The molecule has 2 rings (SSSR count). The minimum atomic E-state index is -0.517. The lowest BCUT2D eigenvalue weighted by Gasteiger charge is -2.08. The van der Waals surface area contributed by atoms with Crippen LogP contribution >= 0.6 is 0 Å². The molecular formula is C21H23NO5. The molecule has 2 aromatic carbocycles. The van der Waals surface area contributed by atoms with Crippen LogP contribution in [0, 0.1) is 0 Å². The number of rotatable bonds is 8. The van der Waals surface area contributed by atoms with Gasteiger partial charge in [0.05, 0.1) is 36.6 Å². The number of carbonyl (C=O) groups is 2. The van der Waals surface area contributed by atoms with E-state index in [-0.39, 0.29) is 24.3 Å². The second kappa shape index (κ2) is 10.1. The van der Waals surface area contributed by atoms with Crippen LogP contribution in [0.5, 0.6) is 5.75 Å². The van der Waals surface area contributed by atoms with Gasteiger partial charge in [-0.05, 0) is 57.2 Å². The first-order valence-electron chi connectivity index (χ1n) is 8.84. The van der Waals surface area contributed by atoms with Gasteiger partial charge in [-0.3, -0.25) is 4.99 Å². The zero-order valence-corrected chi connectivity index (χ0v) is 15.7. The zero-order chi connectivity index (χ0) is 19.6. The Labute approximate surface area is 158 Å². The summed E-state index contributed by atoms with van der Waals surface area (Å²) in [5, 5.41) is 0. The van der Waals surface area contributed by atoms with Crippen LogP contribution in [-0.4, -0.2) is 38.0 Å². The van der Waals surface area contributed by atoms with E-state index in [1.807, 2.05) is 31.2 Å². The van der Waals surface area contributed by atoms with Crippen LogP contribution in [-0.2, 0) is 9.47 Å². The molecule has 2 aromatic rings. The summed E-state index contributed by atoms with van der Waals surface area (Å²) in [7, 11) is 0. The van der Waals surface area contributed by atoms with Crippen LogP contribution in [0.2, 0.25) is 0 Å². The molecule has 0 bridgehead atoms. The van der Waals surface area contributed by atoms with Gasteiger partial charge in [-0.1, -0.05) is 6.07 Å². The van der Waals surface area contributed by atoms with Gasteiger partial charge in [0.1, 0.15) is 5.75 Å². The van der Waals surface area contributed by atoms with Crippen LogP contribution < -0.4 is 4.74 Å². The van der Waals surface area contributed by atoms with Gasteiger partial charge in [0.15, 0.2) is 0 Å². The average molecular weight is 369 g/mol. The van der Waals surface area contributed by atoms with E-state index < -0.39 is 11.9 Å². The molecule has 0 saturated heterocycles. The van der Waals surface area contributed by atoms with Crippen molar-refractivity contribution in [2.75, 3.05) is 19.8 Å². The molecule has 0 aliphatic heterocycles. The summed E-state index contributed by atoms with van der Waals surface area (Å²) in [5.74, 6) is -0.239. The molecule has 0 atom stereocenters. The van der Waals surface area contributed by atoms with Crippen LogP contribution in [0.1, 0.15) is 47.1 Å². The molecule has 27 heavy (non-hydrogen) atoms. The predicted octanol–water partition coefficient (Wildman–Crippen LogP) is 4.19. The van der Waals surface area contributed by atoms with E-state index in [9.17, 15) is 9.59 Å². The molecule has 0 radical (unpaired) electrons. The van der Waals surface area contributed by atoms with Gasteiger partial charge in [-0.25, -0.2) is 9.59 Å². The average Bonchev–Trinajstić information content (AvgIpc) is 2.68. The molecule has 0 N–H and O–H groups in total. The normalized spacial score (nSPS) is 10.6. The first-order valence-corrected chi connectivity index (χ1v) is 8.84. The molecule has 0 heterocycles. The monoisotopic (exact) mass is 369 g/mol. The van der Waals surface area contributed by atoms with Gasteiger partial charge in [-0.2, -0.15) is 0 Å². The first kappa shape index (κ1) is 20.2. The Kier molecular flexibility index (Phi) is 7.55. The van der Waals surface area contributed by atoms with Crippen LogP contribution in [0.15, 0.2) is 47.5 Å². The largest absolute Gasteiger partial charge is 0.494 e. The summed E-state index contributed by atoms with van der Waals surface area (Å²) < 4.78 is 15.5. The fraction of sp³-hybridized carbons (Fsp3) is 0.286. The van der Waals surface area contributed by atoms with Gasteiger partial charge >= 0.3 is 11.9 Å². The van der Waals surface area contributed by atoms with Crippen molar-refractivity contribution in [2.45, 2.75) is 20.8 Å². The number of hydrogen-bond donors (Lipinski definition) is 0. The van der Waals surface area contributed by atoms with Crippen molar-refractivity contribution in [3.8, 4) is 5.75 Å². The summed E-state index contributed by atoms with van der Waals surface area (Å²) in [5.41, 5.74) is 1.81. The topological polar surface area (TPSA) is 74.2 Å². The SMILES string of the molecule is CCOC(=O)c1ccc(/C=N/c2ccc(OCC)cc2)c(C(=O)OCC)c1. The molecule has 142 valence electrons. The van der Waals surface area contributed by atoms with E-state index in [2.05, 4.69) is 4.99 Å². The van der Waals surface area contributed by atoms with Crippen molar-refractivity contribution in [1.29, 1.82) is 0 Å². The number of ether oxygens (including phenoxy) is 3. The maximum Gasteiger partial charge on any atom is 0.338 e. The number of nitrogens with zero attached hydrogens (tertiary/aromatic N) is 1. The van der Waals surface area contributed by atoms with Gasteiger partial charge in [0.2, 0.25) is 0 Å². The third kappa shape index (κ3) is 5.67. The minimum Gasteiger partial charge on any atom is -0.494 e. The summed E-state index contributed by atoms with van der Waals surface area (Å²) in [6, 6.07) is 12.0. The van der Waals surface area contributed by atoms with Crippen molar-refractivity contribution in [2.24, 2.45) is 4.99 Å². The van der Waals surface area contributed by atoms with E-state index in [0.717, 1.165) is 5.75 Å². The predicted molar refractivity (Wildman–Crippen MR) is 103 cm³/mol. The van der Waals surface area contributed by atoms with E-state index in [1.54, 1.807) is 32.2 Å². The first-order chi connectivity index (χ1) is 13.1. The number of carbonyl (C=O) groups excluding carboxylic acids is 2. The summed E-state index contributed by atoms with van der Waals surface area (Å²) in [4.78, 5) is 28.6. The lowest BCUT2D eigenvalue weighted by Crippen LogP contribution is -2.11. The Hall–Kier alpha value is -3.15. The Morgan fingerprint density at radius 1 is 0.889 bits per heavy atom. The molecule has 0 aromatic heterocycles. The molecule has 0 aliphatic rings. The van der Waals surface area contributed by atoms with Gasteiger partial charge < -0.3 is 14.2 Å². The smallest absolute Gasteiger partial charge is 0.338 e. The van der Waals surface area contributed by atoms with E-state index in [0.29, 0.717) is 17.9 Å². The number of hydrogen-bond acceptors (Lipinski definition) is 6. The van der Waals surface area contributed by atoms with Gasteiger partial charge in [0, 0.05) is 11.8 Å².